The molecular weight excluding hydrogens is 231 g/mol. The molecule has 98 valence electrons. The lowest BCUT2D eigenvalue weighted by Gasteiger charge is -2.22. The number of halogens is 1. The molecule has 4 heteroatoms. The van der Waals surface area contributed by atoms with Crippen LogP contribution in [0.15, 0.2) is 18.2 Å². The van der Waals surface area contributed by atoms with E-state index in [4.69, 9.17) is 10.00 Å². The predicted octanol–water partition coefficient (Wildman–Crippen LogP) is 3.00. The molecule has 0 bridgehead atoms. The molecule has 1 atom stereocenters. The van der Waals surface area contributed by atoms with E-state index < -0.39 is 6.10 Å². The maximum Gasteiger partial charge on any atom is 0.181 e. The molecule has 0 heterocycles. The first kappa shape index (κ1) is 14.5. The second-order valence-electron chi connectivity index (χ2n) is 5.24. The van der Waals surface area contributed by atoms with E-state index in [0.717, 1.165) is 0 Å². The minimum Gasteiger partial charge on any atom is -0.476 e. The summed E-state index contributed by atoms with van der Waals surface area (Å²) in [5.41, 5.74) is 0.650. The molecule has 0 amide bonds. The van der Waals surface area contributed by atoms with Gasteiger partial charge in [-0.2, -0.15) is 5.26 Å². The van der Waals surface area contributed by atoms with Crippen LogP contribution in [0, 0.1) is 17.1 Å². The summed E-state index contributed by atoms with van der Waals surface area (Å²) in [7, 11) is 0. The molecule has 0 spiro atoms. The van der Waals surface area contributed by atoms with Gasteiger partial charge in [0.2, 0.25) is 0 Å². The summed E-state index contributed by atoms with van der Waals surface area (Å²) in [5, 5.41) is 12.0. The van der Waals surface area contributed by atoms with Gasteiger partial charge in [-0.25, -0.2) is 4.39 Å². The molecule has 3 nitrogen and oxygen atoms in total. The Kier molecular flexibility index (Phi) is 4.69. The fourth-order valence-corrected chi connectivity index (χ4v) is 1.38. The van der Waals surface area contributed by atoms with Crippen LogP contribution in [0.4, 0.5) is 4.39 Å². The first-order valence-electron chi connectivity index (χ1n) is 5.91. The predicted molar refractivity (Wildman–Crippen MR) is 68.7 cm³/mol. The van der Waals surface area contributed by atoms with Crippen LogP contribution in [-0.2, 0) is 6.54 Å². The van der Waals surface area contributed by atoms with Crippen LogP contribution >= 0.6 is 0 Å². The standard InChI is InChI=1S/C14H19FN2O/c1-10(8-16)18-13-6-5-12(15)7-11(13)9-17-14(2,3)4/h5-7,10,17H,9H2,1-4H3. The van der Waals surface area contributed by atoms with E-state index in [1.54, 1.807) is 13.0 Å². The average Bonchev–Trinajstić information content (AvgIpc) is 2.28. The molecule has 0 aliphatic heterocycles. The van der Waals surface area contributed by atoms with Crippen molar-refractivity contribution >= 4 is 0 Å². The quantitative estimate of drug-likeness (QED) is 0.893. The minimum atomic E-state index is -0.552. The molecule has 0 fully saturated rings. The molecule has 0 aromatic heterocycles. The molecule has 0 aliphatic rings. The Morgan fingerprint density at radius 2 is 2.11 bits per heavy atom. The summed E-state index contributed by atoms with van der Waals surface area (Å²) in [6.45, 7) is 8.25. The van der Waals surface area contributed by atoms with Crippen LogP contribution in [0.5, 0.6) is 5.75 Å². The summed E-state index contributed by atoms with van der Waals surface area (Å²) in [6, 6.07) is 6.31. The first-order chi connectivity index (χ1) is 8.31. The highest BCUT2D eigenvalue weighted by Crippen LogP contribution is 2.21. The van der Waals surface area contributed by atoms with E-state index in [-0.39, 0.29) is 11.4 Å². The molecule has 1 N–H and O–H groups in total. The van der Waals surface area contributed by atoms with Crippen molar-refractivity contribution in [2.24, 2.45) is 0 Å². The summed E-state index contributed by atoms with van der Waals surface area (Å²) < 4.78 is 18.7. The van der Waals surface area contributed by atoms with Crippen molar-refractivity contribution in [1.82, 2.24) is 5.32 Å². The third-order valence-electron chi connectivity index (χ3n) is 2.32. The van der Waals surface area contributed by atoms with E-state index >= 15 is 0 Å². The Balaban J connectivity index is 2.87. The van der Waals surface area contributed by atoms with Crippen LogP contribution in [0.1, 0.15) is 33.3 Å². The van der Waals surface area contributed by atoms with Crippen molar-refractivity contribution in [3.8, 4) is 11.8 Å². The lowest BCUT2D eigenvalue weighted by molar-refractivity contribution is 0.271. The van der Waals surface area contributed by atoms with Gasteiger partial charge < -0.3 is 10.1 Å². The molecular formula is C14H19FN2O. The molecule has 1 rings (SSSR count). The second-order valence-corrected chi connectivity index (χ2v) is 5.24. The molecule has 0 saturated carbocycles. The van der Waals surface area contributed by atoms with Gasteiger partial charge in [-0.3, -0.25) is 0 Å². The van der Waals surface area contributed by atoms with Crippen molar-refractivity contribution in [2.45, 2.75) is 45.9 Å². The van der Waals surface area contributed by atoms with Gasteiger partial charge in [0.1, 0.15) is 17.6 Å². The Morgan fingerprint density at radius 3 is 2.67 bits per heavy atom. The fraction of sp³-hybridized carbons (Fsp3) is 0.500. The second kappa shape index (κ2) is 5.83. The minimum absolute atomic E-state index is 0.0650. The Labute approximate surface area is 108 Å². The number of ether oxygens (including phenoxy) is 1. The molecule has 1 unspecified atom stereocenters. The van der Waals surface area contributed by atoms with Gasteiger partial charge in [-0.15, -0.1) is 0 Å². The third-order valence-corrected chi connectivity index (χ3v) is 2.32. The highest BCUT2D eigenvalue weighted by molar-refractivity contribution is 5.34. The summed E-state index contributed by atoms with van der Waals surface area (Å²) in [6.07, 6.45) is -0.552. The Bertz CT molecular complexity index is 446. The summed E-state index contributed by atoms with van der Waals surface area (Å²) in [5.74, 6) is 0.236. The van der Waals surface area contributed by atoms with Crippen molar-refractivity contribution in [2.75, 3.05) is 0 Å². The van der Waals surface area contributed by atoms with Crippen molar-refractivity contribution in [1.29, 1.82) is 5.26 Å². The van der Waals surface area contributed by atoms with Gasteiger partial charge in [-0.1, -0.05) is 0 Å². The van der Waals surface area contributed by atoms with Crippen LogP contribution in [-0.4, -0.2) is 11.6 Å². The normalized spacial score (nSPS) is 12.9. The van der Waals surface area contributed by atoms with E-state index in [1.165, 1.54) is 12.1 Å². The highest BCUT2D eigenvalue weighted by atomic mass is 19.1. The lowest BCUT2D eigenvalue weighted by Crippen LogP contribution is -2.35. The number of nitriles is 1. The number of hydrogen-bond acceptors (Lipinski definition) is 3. The van der Waals surface area contributed by atoms with Gasteiger partial charge in [-0.05, 0) is 45.9 Å². The zero-order valence-corrected chi connectivity index (χ0v) is 11.2. The highest BCUT2D eigenvalue weighted by Gasteiger charge is 2.13. The summed E-state index contributed by atoms with van der Waals surface area (Å²) in [4.78, 5) is 0. The van der Waals surface area contributed by atoms with E-state index in [9.17, 15) is 4.39 Å². The van der Waals surface area contributed by atoms with Gasteiger partial charge >= 0.3 is 0 Å². The molecule has 0 radical (unpaired) electrons. The Hall–Kier alpha value is -1.60. The number of nitrogens with one attached hydrogen (secondary N) is 1. The SMILES string of the molecule is CC(C#N)Oc1ccc(F)cc1CNC(C)(C)C. The number of nitrogens with zero attached hydrogens (tertiary/aromatic N) is 1. The lowest BCUT2D eigenvalue weighted by atomic mass is 10.1. The number of hydrogen-bond donors (Lipinski definition) is 1. The monoisotopic (exact) mass is 250 g/mol. The molecule has 1 aromatic carbocycles. The third kappa shape index (κ3) is 4.72. The van der Waals surface area contributed by atoms with Gasteiger partial charge in [0, 0.05) is 17.6 Å². The Morgan fingerprint density at radius 1 is 1.44 bits per heavy atom. The number of benzene rings is 1. The van der Waals surface area contributed by atoms with Crippen molar-refractivity contribution in [3.63, 3.8) is 0 Å². The zero-order valence-electron chi connectivity index (χ0n) is 11.2. The van der Waals surface area contributed by atoms with Crippen LogP contribution in [0.2, 0.25) is 0 Å². The van der Waals surface area contributed by atoms with Crippen LogP contribution in [0.25, 0.3) is 0 Å². The van der Waals surface area contributed by atoms with Crippen molar-refractivity contribution < 1.29 is 9.13 Å². The molecule has 1 aromatic rings. The molecule has 18 heavy (non-hydrogen) atoms. The van der Waals surface area contributed by atoms with Gasteiger partial charge in [0.25, 0.3) is 0 Å². The number of rotatable bonds is 4. The van der Waals surface area contributed by atoms with E-state index in [0.29, 0.717) is 17.9 Å². The van der Waals surface area contributed by atoms with Gasteiger partial charge in [0.05, 0.1) is 0 Å². The van der Waals surface area contributed by atoms with Crippen LogP contribution in [0.3, 0.4) is 0 Å². The smallest absolute Gasteiger partial charge is 0.181 e. The van der Waals surface area contributed by atoms with Gasteiger partial charge in [0.15, 0.2) is 6.10 Å². The maximum atomic E-state index is 13.2. The van der Waals surface area contributed by atoms with Crippen molar-refractivity contribution in [3.05, 3.63) is 29.6 Å². The fourth-order valence-electron chi connectivity index (χ4n) is 1.38. The van der Waals surface area contributed by atoms with Crippen LogP contribution < -0.4 is 10.1 Å². The summed E-state index contributed by atoms with van der Waals surface area (Å²) >= 11 is 0. The van der Waals surface area contributed by atoms with E-state index in [1.807, 2.05) is 26.8 Å². The topological polar surface area (TPSA) is 45.0 Å². The molecule has 0 saturated heterocycles. The van der Waals surface area contributed by atoms with E-state index in [2.05, 4.69) is 5.32 Å². The average molecular weight is 250 g/mol. The maximum absolute atomic E-state index is 13.2. The largest absolute Gasteiger partial charge is 0.476 e. The molecule has 0 aliphatic carbocycles. The first-order valence-corrected chi connectivity index (χ1v) is 5.91. The zero-order chi connectivity index (χ0) is 13.8.